The third kappa shape index (κ3) is 3.81. The van der Waals surface area contributed by atoms with Gasteiger partial charge in [-0.3, -0.25) is 0 Å². The Labute approximate surface area is 159 Å². The summed E-state index contributed by atoms with van der Waals surface area (Å²) in [6.07, 6.45) is 4.30. The molecule has 9 heteroatoms. The molecule has 4 heterocycles. The van der Waals surface area contributed by atoms with E-state index in [1.54, 1.807) is 20.3 Å². The summed E-state index contributed by atoms with van der Waals surface area (Å²) >= 11 is 0. The summed E-state index contributed by atoms with van der Waals surface area (Å²) in [7, 11) is 3.19. The Morgan fingerprint density at radius 1 is 0.741 bits per heavy atom. The van der Waals surface area contributed by atoms with Gasteiger partial charge in [0.2, 0.25) is 23.7 Å². The van der Waals surface area contributed by atoms with Crippen LogP contribution in [0.2, 0.25) is 0 Å². The minimum absolute atomic E-state index is 0.505. The monoisotopic (exact) mass is 371 g/mol. The Morgan fingerprint density at radius 3 is 1.96 bits per heavy atom. The van der Waals surface area contributed by atoms with Crippen LogP contribution in [0.15, 0.2) is 18.3 Å². The van der Waals surface area contributed by atoms with Gasteiger partial charge in [-0.05, 0) is 18.9 Å². The van der Waals surface area contributed by atoms with E-state index in [1.807, 2.05) is 12.3 Å². The van der Waals surface area contributed by atoms with Crippen molar-refractivity contribution in [2.75, 3.05) is 68.2 Å². The number of hydrogen-bond acceptors (Lipinski definition) is 9. The van der Waals surface area contributed by atoms with Gasteiger partial charge >= 0.3 is 0 Å². The highest BCUT2D eigenvalue weighted by atomic mass is 16.5. The number of piperazine rings is 1. The van der Waals surface area contributed by atoms with Crippen LogP contribution in [0.1, 0.15) is 12.8 Å². The van der Waals surface area contributed by atoms with Gasteiger partial charge in [0.05, 0.1) is 20.3 Å². The molecular formula is C18H25N7O2. The summed E-state index contributed by atoms with van der Waals surface area (Å²) in [6.45, 7) is 5.40. The van der Waals surface area contributed by atoms with Crippen molar-refractivity contribution < 1.29 is 9.47 Å². The number of rotatable bonds is 5. The van der Waals surface area contributed by atoms with Crippen LogP contribution in [0.4, 0.5) is 17.7 Å². The summed E-state index contributed by atoms with van der Waals surface area (Å²) in [5.41, 5.74) is 0. The van der Waals surface area contributed by atoms with Crippen molar-refractivity contribution in [1.29, 1.82) is 0 Å². The van der Waals surface area contributed by atoms with Gasteiger partial charge in [-0.2, -0.15) is 15.0 Å². The lowest BCUT2D eigenvalue weighted by Gasteiger charge is -2.35. The molecule has 27 heavy (non-hydrogen) atoms. The summed E-state index contributed by atoms with van der Waals surface area (Å²) in [5.74, 6) is 3.46. The van der Waals surface area contributed by atoms with Gasteiger partial charge in [0.15, 0.2) is 0 Å². The average molecular weight is 371 g/mol. The molecule has 0 amide bonds. The maximum absolute atomic E-state index is 5.25. The first kappa shape index (κ1) is 17.6. The van der Waals surface area contributed by atoms with Crippen molar-refractivity contribution in [1.82, 2.24) is 19.9 Å². The van der Waals surface area contributed by atoms with Gasteiger partial charge in [-0.15, -0.1) is 0 Å². The molecule has 0 spiro atoms. The van der Waals surface area contributed by atoms with E-state index in [1.165, 1.54) is 12.8 Å². The lowest BCUT2D eigenvalue weighted by Crippen LogP contribution is -2.47. The summed E-state index contributed by atoms with van der Waals surface area (Å²) in [6, 6.07) is 3.67. The van der Waals surface area contributed by atoms with Gasteiger partial charge in [0, 0.05) is 45.5 Å². The molecule has 2 aromatic rings. The van der Waals surface area contributed by atoms with Crippen molar-refractivity contribution in [3.63, 3.8) is 0 Å². The number of methoxy groups -OCH3 is 2. The number of anilines is 3. The van der Waals surface area contributed by atoms with E-state index in [0.29, 0.717) is 17.7 Å². The quantitative estimate of drug-likeness (QED) is 0.770. The fraction of sp³-hybridized carbons (Fsp3) is 0.556. The first-order valence-corrected chi connectivity index (χ1v) is 9.32. The Hall–Kier alpha value is -2.84. The molecule has 0 atom stereocenters. The fourth-order valence-electron chi connectivity index (χ4n) is 3.46. The molecule has 0 saturated carbocycles. The first-order valence-electron chi connectivity index (χ1n) is 9.32. The van der Waals surface area contributed by atoms with E-state index < -0.39 is 0 Å². The zero-order valence-electron chi connectivity index (χ0n) is 15.8. The second-order valence-corrected chi connectivity index (χ2v) is 6.64. The van der Waals surface area contributed by atoms with Crippen LogP contribution in [-0.2, 0) is 0 Å². The molecule has 4 rings (SSSR count). The van der Waals surface area contributed by atoms with E-state index in [4.69, 9.17) is 14.5 Å². The number of aromatic nitrogens is 4. The third-order valence-electron chi connectivity index (χ3n) is 4.99. The molecular weight excluding hydrogens is 346 g/mol. The summed E-state index contributed by atoms with van der Waals surface area (Å²) in [4.78, 5) is 24.8. The fourth-order valence-corrected chi connectivity index (χ4v) is 3.46. The second-order valence-electron chi connectivity index (χ2n) is 6.64. The standard InChI is InChI=1S/C18H25N7O2/c1-26-15-13-16(27-2)22-18(21-15)25-11-9-23(10-12-25)14-5-6-19-17(20-14)24-7-3-4-8-24/h5-6,13H,3-4,7-12H2,1-2H3. The van der Waals surface area contributed by atoms with Gasteiger partial charge in [-0.1, -0.05) is 0 Å². The molecule has 2 aliphatic rings. The van der Waals surface area contributed by atoms with Gasteiger partial charge in [0.25, 0.3) is 0 Å². The largest absolute Gasteiger partial charge is 0.481 e. The predicted octanol–water partition coefficient (Wildman–Crippen LogP) is 1.21. The van der Waals surface area contributed by atoms with Crippen LogP contribution < -0.4 is 24.2 Å². The smallest absolute Gasteiger partial charge is 0.232 e. The van der Waals surface area contributed by atoms with Crippen LogP contribution in [0.3, 0.4) is 0 Å². The van der Waals surface area contributed by atoms with E-state index in [-0.39, 0.29) is 0 Å². The van der Waals surface area contributed by atoms with Crippen LogP contribution >= 0.6 is 0 Å². The van der Waals surface area contributed by atoms with Gasteiger partial charge < -0.3 is 24.2 Å². The average Bonchev–Trinajstić information content (AvgIpc) is 3.28. The first-order chi connectivity index (χ1) is 13.3. The predicted molar refractivity (Wildman–Crippen MR) is 103 cm³/mol. The molecule has 2 aliphatic heterocycles. The van der Waals surface area contributed by atoms with Crippen LogP contribution in [0.5, 0.6) is 11.8 Å². The summed E-state index contributed by atoms with van der Waals surface area (Å²) in [5, 5.41) is 0. The van der Waals surface area contributed by atoms with Crippen molar-refractivity contribution >= 4 is 17.7 Å². The SMILES string of the molecule is COc1cc(OC)nc(N2CCN(c3ccnc(N4CCCC4)n3)CC2)n1. The van der Waals surface area contributed by atoms with Crippen LogP contribution in [0, 0.1) is 0 Å². The van der Waals surface area contributed by atoms with Crippen LogP contribution in [0.25, 0.3) is 0 Å². The Morgan fingerprint density at radius 2 is 1.33 bits per heavy atom. The van der Waals surface area contributed by atoms with E-state index in [9.17, 15) is 0 Å². The molecule has 0 aliphatic carbocycles. The normalized spacial score (nSPS) is 17.3. The van der Waals surface area contributed by atoms with Crippen molar-refractivity contribution in [2.45, 2.75) is 12.8 Å². The van der Waals surface area contributed by atoms with Crippen molar-refractivity contribution in [3.8, 4) is 11.8 Å². The highest BCUT2D eigenvalue weighted by molar-refractivity contribution is 5.47. The van der Waals surface area contributed by atoms with E-state index >= 15 is 0 Å². The minimum atomic E-state index is 0.505. The lowest BCUT2D eigenvalue weighted by molar-refractivity contribution is 0.371. The molecule has 2 saturated heterocycles. The second kappa shape index (κ2) is 7.81. The zero-order chi connectivity index (χ0) is 18.6. The Balaban J connectivity index is 1.44. The maximum atomic E-state index is 5.25. The van der Waals surface area contributed by atoms with E-state index in [0.717, 1.165) is 51.0 Å². The Bertz CT molecular complexity index is 752. The molecule has 0 aromatic carbocycles. The van der Waals surface area contributed by atoms with E-state index in [2.05, 4.69) is 29.7 Å². The van der Waals surface area contributed by atoms with Crippen LogP contribution in [-0.4, -0.2) is 73.4 Å². The van der Waals surface area contributed by atoms with Crippen molar-refractivity contribution in [3.05, 3.63) is 18.3 Å². The third-order valence-corrected chi connectivity index (χ3v) is 4.99. The van der Waals surface area contributed by atoms with Crippen molar-refractivity contribution in [2.24, 2.45) is 0 Å². The maximum Gasteiger partial charge on any atom is 0.232 e. The molecule has 144 valence electrons. The molecule has 0 unspecified atom stereocenters. The molecule has 2 fully saturated rings. The van der Waals surface area contributed by atoms with Gasteiger partial charge in [-0.25, -0.2) is 4.98 Å². The number of nitrogens with zero attached hydrogens (tertiary/aromatic N) is 7. The Kier molecular flexibility index (Phi) is 5.08. The lowest BCUT2D eigenvalue weighted by atomic mass is 10.3. The molecule has 0 bridgehead atoms. The number of ether oxygens (including phenoxy) is 2. The number of hydrogen-bond donors (Lipinski definition) is 0. The summed E-state index contributed by atoms with van der Waals surface area (Å²) < 4.78 is 10.5. The highest BCUT2D eigenvalue weighted by Gasteiger charge is 2.22. The molecule has 9 nitrogen and oxygen atoms in total. The molecule has 2 aromatic heterocycles. The molecule has 0 radical (unpaired) electrons. The topological polar surface area (TPSA) is 79.7 Å². The minimum Gasteiger partial charge on any atom is -0.481 e. The zero-order valence-corrected chi connectivity index (χ0v) is 15.8. The van der Waals surface area contributed by atoms with Gasteiger partial charge in [0.1, 0.15) is 5.82 Å². The molecule has 0 N–H and O–H groups in total. The highest BCUT2D eigenvalue weighted by Crippen LogP contribution is 2.23.